The predicted molar refractivity (Wildman–Crippen MR) is 104 cm³/mol. The van der Waals surface area contributed by atoms with Gasteiger partial charge in [-0.2, -0.15) is 0 Å². The molecule has 8 heteroatoms. The Morgan fingerprint density at radius 2 is 1.88 bits per heavy atom. The van der Waals surface area contributed by atoms with Crippen LogP contribution < -0.4 is 25.4 Å². The molecule has 1 amide bonds. The number of aliphatic imine (C=N–C) groups is 1. The molecule has 0 saturated carbocycles. The van der Waals surface area contributed by atoms with Crippen LogP contribution in [0.25, 0.3) is 0 Å². The number of ether oxygens (including phenoxy) is 2. The van der Waals surface area contributed by atoms with E-state index in [4.69, 9.17) is 9.47 Å². The Kier molecular flexibility index (Phi) is 9.28. The number of nitrogens with one attached hydrogen (secondary N) is 3. The van der Waals surface area contributed by atoms with E-state index < -0.39 is 0 Å². The Morgan fingerprint density at radius 3 is 2.62 bits per heavy atom. The third-order valence-corrected chi connectivity index (χ3v) is 3.24. The summed E-state index contributed by atoms with van der Waals surface area (Å²) in [4.78, 5) is 15.7. The van der Waals surface area contributed by atoms with Crippen molar-refractivity contribution in [2.45, 2.75) is 20.3 Å². The number of rotatable bonds is 7. The minimum Gasteiger partial charge on any atom is -0.454 e. The van der Waals surface area contributed by atoms with Gasteiger partial charge in [0.2, 0.25) is 12.7 Å². The third-order valence-electron chi connectivity index (χ3n) is 3.24. The van der Waals surface area contributed by atoms with Gasteiger partial charge >= 0.3 is 0 Å². The first kappa shape index (κ1) is 20.3. The number of carbonyl (C=O) groups excluding carboxylic acids is 1. The zero-order valence-corrected chi connectivity index (χ0v) is 16.4. The Balaban J connectivity index is 0.00000288. The van der Waals surface area contributed by atoms with E-state index in [1.807, 2.05) is 32.0 Å². The first-order valence-corrected chi connectivity index (χ1v) is 7.90. The molecule has 134 valence electrons. The quantitative estimate of drug-likeness (QED) is 0.333. The summed E-state index contributed by atoms with van der Waals surface area (Å²) in [6.07, 6.45) is 0.822. The summed E-state index contributed by atoms with van der Waals surface area (Å²) in [6, 6.07) is 5.93. The van der Waals surface area contributed by atoms with Crippen molar-refractivity contribution in [2.75, 3.05) is 33.0 Å². The van der Waals surface area contributed by atoms with Gasteiger partial charge in [0.25, 0.3) is 0 Å². The molecule has 3 N–H and O–H groups in total. The van der Waals surface area contributed by atoms with Crippen LogP contribution in [0.1, 0.15) is 19.4 Å². The minimum absolute atomic E-state index is 0. The smallest absolute Gasteiger partial charge is 0.241 e. The second kappa shape index (κ2) is 11.0. The van der Waals surface area contributed by atoms with Gasteiger partial charge in [-0.1, -0.05) is 6.07 Å². The van der Waals surface area contributed by atoms with Crippen molar-refractivity contribution in [1.82, 2.24) is 16.0 Å². The van der Waals surface area contributed by atoms with Crippen LogP contribution in [0.2, 0.25) is 0 Å². The summed E-state index contributed by atoms with van der Waals surface area (Å²) < 4.78 is 10.7. The van der Waals surface area contributed by atoms with Crippen LogP contribution >= 0.6 is 24.0 Å². The summed E-state index contributed by atoms with van der Waals surface area (Å²) >= 11 is 0. The number of hydrogen-bond donors (Lipinski definition) is 3. The molecule has 0 aliphatic carbocycles. The second-order valence-electron chi connectivity index (χ2n) is 5.01. The first-order chi connectivity index (χ1) is 11.2. The maximum Gasteiger partial charge on any atom is 0.241 e. The van der Waals surface area contributed by atoms with Crippen molar-refractivity contribution in [3.8, 4) is 11.5 Å². The van der Waals surface area contributed by atoms with Gasteiger partial charge in [-0.05, 0) is 38.0 Å². The Bertz CT molecular complexity index is 566. The molecule has 0 fully saturated rings. The maximum absolute atomic E-state index is 11.5. The molecule has 1 aliphatic heterocycles. The van der Waals surface area contributed by atoms with Gasteiger partial charge < -0.3 is 25.4 Å². The Labute approximate surface area is 159 Å². The highest BCUT2D eigenvalue weighted by Crippen LogP contribution is 2.32. The van der Waals surface area contributed by atoms with Crippen molar-refractivity contribution in [2.24, 2.45) is 4.99 Å². The number of hydrogen-bond acceptors (Lipinski definition) is 4. The lowest BCUT2D eigenvalue weighted by Crippen LogP contribution is -2.39. The fraction of sp³-hybridized carbons (Fsp3) is 0.500. The second-order valence-corrected chi connectivity index (χ2v) is 5.01. The van der Waals surface area contributed by atoms with Crippen LogP contribution in [0.5, 0.6) is 11.5 Å². The number of benzene rings is 1. The summed E-state index contributed by atoms with van der Waals surface area (Å²) in [6.45, 7) is 6.34. The van der Waals surface area contributed by atoms with E-state index in [2.05, 4.69) is 20.9 Å². The molecule has 24 heavy (non-hydrogen) atoms. The largest absolute Gasteiger partial charge is 0.454 e. The minimum atomic E-state index is -0.0829. The van der Waals surface area contributed by atoms with Crippen molar-refractivity contribution < 1.29 is 14.3 Å². The molecule has 0 spiro atoms. The lowest BCUT2D eigenvalue weighted by atomic mass is 10.1. The van der Waals surface area contributed by atoms with E-state index in [0.717, 1.165) is 30.0 Å². The molecule has 0 atom stereocenters. The number of guanidine groups is 1. The third kappa shape index (κ3) is 6.42. The van der Waals surface area contributed by atoms with Crippen LogP contribution in [0.3, 0.4) is 0 Å². The maximum atomic E-state index is 11.5. The number of halogens is 1. The fourth-order valence-corrected chi connectivity index (χ4v) is 2.17. The molecule has 7 nitrogen and oxygen atoms in total. The van der Waals surface area contributed by atoms with Crippen LogP contribution in [-0.4, -0.2) is 44.8 Å². The Hall–Kier alpha value is -1.71. The van der Waals surface area contributed by atoms with E-state index in [9.17, 15) is 4.79 Å². The van der Waals surface area contributed by atoms with E-state index in [1.54, 1.807) is 0 Å². The first-order valence-electron chi connectivity index (χ1n) is 7.90. The monoisotopic (exact) mass is 448 g/mol. The molecule has 0 radical (unpaired) electrons. The molecule has 1 heterocycles. The van der Waals surface area contributed by atoms with Crippen molar-refractivity contribution >= 4 is 35.8 Å². The number of likely N-dealkylation sites (N-methyl/N-ethyl adjacent to an activating group) is 1. The fourth-order valence-electron chi connectivity index (χ4n) is 2.17. The highest BCUT2D eigenvalue weighted by molar-refractivity contribution is 14.0. The number of carbonyl (C=O) groups is 1. The van der Waals surface area contributed by atoms with E-state index in [-0.39, 0.29) is 43.2 Å². The molecule has 1 aliphatic rings. The predicted octanol–water partition coefficient (Wildman–Crippen LogP) is 1.27. The zero-order valence-electron chi connectivity index (χ0n) is 14.1. The van der Waals surface area contributed by atoms with Gasteiger partial charge in [0.05, 0.1) is 0 Å². The zero-order chi connectivity index (χ0) is 16.5. The highest BCUT2D eigenvalue weighted by Gasteiger charge is 2.12. The van der Waals surface area contributed by atoms with E-state index >= 15 is 0 Å². The van der Waals surface area contributed by atoms with Gasteiger partial charge in [-0.25, -0.2) is 4.99 Å². The van der Waals surface area contributed by atoms with Crippen molar-refractivity contribution in [3.05, 3.63) is 23.8 Å². The highest BCUT2D eigenvalue weighted by atomic mass is 127. The SMILES string of the molecule is CCNC(=O)CN=C(NCC)NCCc1ccc2c(c1)OCO2.I. The molecule has 1 aromatic carbocycles. The van der Waals surface area contributed by atoms with Gasteiger partial charge in [0.15, 0.2) is 17.5 Å². The van der Waals surface area contributed by atoms with Crippen LogP contribution in [0.15, 0.2) is 23.2 Å². The molecule has 0 saturated heterocycles. The summed E-state index contributed by atoms with van der Waals surface area (Å²) in [5.41, 5.74) is 1.15. The standard InChI is InChI=1S/C16H24N4O3.HI/c1-3-17-15(21)10-20-16(18-4-2)19-8-7-12-5-6-13-14(9-12)23-11-22-13;/h5-6,9H,3-4,7-8,10-11H2,1-2H3,(H,17,21)(H2,18,19,20);1H. The average molecular weight is 448 g/mol. The van der Waals surface area contributed by atoms with E-state index in [0.29, 0.717) is 19.0 Å². The molecular weight excluding hydrogens is 423 g/mol. The van der Waals surface area contributed by atoms with Crippen molar-refractivity contribution in [1.29, 1.82) is 0 Å². The molecule has 1 aromatic rings. The average Bonchev–Trinajstić information content (AvgIpc) is 3.00. The topological polar surface area (TPSA) is 84.0 Å². The molecule has 0 bridgehead atoms. The number of fused-ring (bicyclic) bond motifs is 1. The van der Waals surface area contributed by atoms with E-state index in [1.165, 1.54) is 0 Å². The Morgan fingerprint density at radius 1 is 1.12 bits per heavy atom. The number of amides is 1. The molecule has 0 aromatic heterocycles. The van der Waals surface area contributed by atoms with Gasteiger partial charge in [0.1, 0.15) is 6.54 Å². The molecule has 0 unspecified atom stereocenters. The van der Waals surface area contributed by atoms with Crippen LogP contribution in [0, 0.1) is 0 Å². The number of nitrogens with zero attached hydrogens (tertiary/aromatic N) is 1. The van der Waals surface area contributed by atoms with Gasteiger partial charge in [-0.3, -0.25) is 4.79 Å². The summed E-state index contributed by atoms with van der Waals surface area (Å²) in [7, 11) is 0. The van der Waals surface area contributed by atoms with Crippen LogP contribution in [0.4, 0.5) is 0 Å². The van der Waals surface area contributed by atoms with Crippen molar-refractivity contribution in [3.63, 3.8) is 0 Å². The van der Waals surface area contributed by atoms with Gasteiger partial charge in [-0.15, -0.1) is 24.0 Å². The normalized spacial score (nSPS) is 12.3. The summed E-state index contributed by atoms with van der Waals surface area (Å²) in [5, 5.41) is 9.06. The van der Waals surface area contributed by atoms with Gasteiger partial charge in [0, 0.05) is 19.6 Å². The molecular formula is C16H25IN4O3. The lowest BCUT2D eigenvalue weighted by Gasteiger charge is -2.11. The molecule has 2 rings (SSSR count). The lowest BCUT2D eigenvalue weighted by molar-refractivity contribution is -0.119. The summed E-state index contributed by atoms with van der Waals surface area (Å²) in [5.74, 6) is 2.14. The van der Waals surface area contributed by atoms with Crippen LogP contribution in [-0.2, 0) is 11.2 Å².